The second kappa shape index (κ2) is 7.09. The number of benzene rings is 1. The van der Waals surface area contributed by atoms with E-state index in [9.17, 15) is 9.59 Å². The van der Waals surface area contributed by atoms with Crippen LogP contribution < -0.4 is 15.7 Å². The number of aromatic nitrogens is 2. The van der Waals surface area contributed by atoms with Gasteiger partial charge in [0.1, 0.15) is 11.8 Å². The number of carbonyl (C=O) groups excluding carboxylic acids is 1. The van der Waals surface area contributed by atoms with E-state index in [0.29, 0.717) is 23.7 Å². The van der Waals surface area contributed by atoms with Crippen LogP contribution in [0.15, 0.2) is 35.1 Å². The molecule has 0 saturated heterocycles. The lowest BCUT2D eigenvalue weighted by molar-refractivity contribution is -0.118. The highest BCUT2D eigenvalue weighted by atomic mass is 16.5. The largest absolute Gasteiger partial charge is 0.494 e. The maximum atomic E-state index is 12.4. The Hall–Kier alpha value is -2.63. The van der Waals surface area contributed by atoms with Crippen molar-refractivity contribution in [2.75, 3.05) is 11.9 Å². The summed E-state index contributed by atoms with van der Waals surface area (Å²) in [6.45, 7) is 7.72. The zero-order chi connectivity index (χ0) is 17.0. The third kappa shape index (κ3) is 3.97. The van der Waals surface area contributed by atoms with Gasteiger partial charge in [-0.2, -0.15) is 4.98 Å². The highest BCUT2D eigenvalue weighted by Crippen LogP contribution is 2.17. The lowest BCUT2D eigenvalue weighted by atomic mass is 10.2. The van der Waals surface area contributed by atoms with Crippen LogP contribution in [0.5, 0.6) is 5.75 Å². The Labute approximate surface area is 135 Å². The van der Waals surface area contributed by atoms with Gasteiger partial charge in [0.15, 0.2) is 0 Å². The summed E-state index contributed by atoms with van der Waals surface area (Å²) in [4.78, 5) is 28.3. The van der Waals surface area contributed by atoms with Crippen molar-refractivity contribution in [3.05, 3.63) is 52.2 Å². The zero-order valence-corrected chi connectivity index (χ0v) is 13.8. The Kier molecular flexibility index (Phi) is 5.16. The molecule has 0 radical (unpaired) electrons. The predicted octanol–water partition coefficient (Wildman–Crippen LogP) is 2.46. The predicted molar refractivity (Wildman–Crippen MR) is 88.9 cm³/mol. The minimum Gasteiger partial charge on any atom is -0.494 e. The topological polar surface area (TPSA) is 73.2 Å². The Morgan fingerprint density at radius 2 is 1.96 bits per heavy atom. The first kappa shape index (κ1) is 16.7. The van der Waals surface area contributed by atoms with Gasteiger partial charge >= 0.3 is 5.69 Å². The molecule has 0 fully saturated rings. The van der Waals surface area contributed by atoms with E-state index in [-0.39, 0.29) is 5.91 Å². The van der Waals surface area contributed by atoms with Crippen LogP contribution in [0.4, 0.5) is 5.69 Å². The van der Waals surface area contributed by atoms with Crippen molar-refractivity contribution in [2.45, 2.75) is 33.7 Å². The fraction of sp³-hybridized carbons (Fsp3) is 0.353. The van der Waals surface area contributed by atoms with Crippen LogP contribution in [0, 0.1) is 13.8 Å². The van der Waals surface area contributed by atoms with E-state index in [1.807, 2.05) is 6.92 Å². The van der Waals surface area contributed by atoms with Gasteiger partial charge in [0.05, 0.1) is 6.61 Å². The summed E-state index contributed by atoms with van der Waals surface area (Å²) in [7, 11) is 0. The molecule has 2 aromatic rings. The zero-order valence-electron chi connectivity index (χ0n) is 13.8. The van der Waals surface area contributed by atoms with Gasteiger partial charge in [0, 0.05) is 17.1 Å². The molecule has 0 aliphatic carbocycles. The molecule has 6 heteroatoms. The Morgan fingerprint density at radius 3 is 2.52 bits per heavy atom. The van der Waals surface area contributed by atoms with Crippen LogP contribution in [0.2, 0.25) is 0 Å². The monoisotopic (exact) mass is 315 g/mol. The molecule has 1 aromatic carbocycles. The molecule has 6 nitrogen and oxygen atoms in total. The Balaban J connectivity index is 2.16. The van der Waals surface area contributed by atoms with Crippen LogP contribution >= 0.6 is 0 Å². The van der Waals surface area contributed by atoms with Gasteiger partial charge in [0.2, 0.25) is 5.91 Å². The molecule has 23 heavy (non-hydrogen) atoms. The van der Waals surface area contributed by atoms with Gasteiger partial charge < -0.3 is 10.1 Å². The molecule has 1 heterocycles. The second-order valence-electron chi connectivity index (χ2n) is 5.31. The number of nitrogens with zero attached hydrogens (tertiary/aromatic N) is 2. The highest BCUT2D eigenvalue weighted by molar-refractivity contribution is 5.93. The van der Waals surface area contributed by atoms with Crippen LogP contribution in [0.3, 0.4) is 0 Å². The van der Waals surface area contributed by atoms with Gasteiger partial charge in [0.25, 0.3) is 0 Å². The van der Waals surface area contributed by atoms with Crippen molar-refractivity contribution < 1.29 is 9.53 Å². The summed E-state index contributed by atoms with van der Waals surface area (Å²) in [6, 6.07) is 8.23. The lowest BCUT2D eigenvalue weighted by Gasteiger charge is -2.17. The number of hydrogen-bond donors (Lipinski definition) is 1. The van der Waals surface area contributed by atoms with E-state index >= 15 is 0 Å². The molecule has 1 aromatic heterocycles. The van der Waals surface area contributed by atoms with Gasteiger partial charge in [-0.3, -0.25) is 9.36 Å². The van der Waals surface area contributed by atoms with Crippen molar-refractivity contribution >= 4 is 11.6 Å². The molecule has 0 unspecified atom stereocenters. The number of aryl methyl sites for hydroxylation is 2. The highest BCUT2D eigenvalue weighted by Gasteiger charge is 2.18. The van der Waals surface area contributed by atoms with Gasteiger partial charge in [-0.15, -0.1) is 0 Å². The summed E-state index contributed by atoms with van der Waals surface area (Å²) < 4.78 is 6.74. The van der Waals surface area contributed by atoms with Crippen LogP contribution in [-0.2, 0) is 4.79 Å². The summed E-state index contributed by atoms with van der Waals surface area (Å²) in [6.07, 6.45) is 0. The number of anilines is 1. The van der Waals surface area contributed by atoms with E-state index in [2.05, 4.69) is 10.3 Å². The minimum absolute atomic E-state index is 0.273. The summed E-state index contributed by atoms with van der Waals surface area (Å²) in [5, 5.41) is 2.80. The van der Waals surface area contributed by atoms with E-state index in [4.69, 9.17) is 4.74 Å². The van der Waals surface area contributed by atoms with Crippen LogP contribution in [0.1, 0.15) is 31.3 Å². The minimum atomic E-state index is -0.651. The normalized spacial score (nSPS) is 11.8. The molecule has 0 aliphatic heterocycles. The summed E-state index contributed by atoms with van der Waals surface area (Å²) in [5.41, 5.74) is 1.58. The molecular weight excluding hydrogens is 294 g/mol. The van der Waals surface area contributed by atoms with Crippen molar-refractivity contribution in [3.8, 4) is 5.75 Å². The quantitative estimate of drug-likeness (QED) is 0.920. The average molecular weight is 315 g/mol. The number of carbonyl (C=O) groups is 1. The molecule has 0 spiro atoms. The molecule has 0 aliphatic rings. The van der Waals surface area contributed by atoms with Gasteiger partial charge in [-0.25, -0.2) is 4.79 Å². The SMILES string of the molecule is CCOc1ccc(NC(=O)[C@H](C)n2c(C)cc(C)nc2=O)cc1. The average Bonchev–Trinajstić information content (AvgIpc) is 2.48. The Morgan fingerprint density at radius 1 is 1.30 bits per heavy atom. The van der Waals surface area contributed by atoms with E-state index in [1.54, 1.807) is 51.1 Å². The molecular formula is C17H21N3O3. The molecule has 2 rings (SSSR count). The fourth-order valence-corrected chi connectivity index (χ4v) is 2.40. The van der Waals surface area contributed by atoms with Crippen molar-refractivity contribution in [1.29, 1.82) is 0 Å². The van der Waals surface area contributed by atoms with Crippen molar-refractivity contribution in [3.63, 3.8) is 0 Å². The van der Waals surface area contributed by atoms with Crippen molar-refractivity contribution in [2.24, 2.45) is 0 Å². The van der Waals surface area contributed by atoms with Crippen LogP contribution in [0.25, 0.3) is 0 Å². The van der Waals surface area contributed by atoms with Crippen LogP contribution in [-0.4, -0.2) is 22.1 Å². The van der Waals surface area contributed by atoms with E-state index in [0.717, 1.165) is 5.75 Å². The maximum absolute atomic E-state index is 12.4. The number of ether oxygens (including phenoxy) is 1. The fourth-order valence-electron chi connectivity index (χ4n) is 2.40. The number of nitrogens with one attached hydrogen (secondary N) is 1. The molecule has 0 bridgehead atoms. The number of rotatable bonds is 5. The molecule has 1 N–H and O–H groups in total. The number of hydrogen-bond acceptors (Lipinski definition) is 4. The van der Waals surface area contributed by atoms with Gasteiger partial charge in [-0.1, -0.05) is 0 Å². The third-order valence-corrected chi connectivity index (χ3v) is 3.48. The summed E-state index contributed by atoms with van der Waals surface area (Å²) in [5.74, 6) is 0.471. The first-order chi connectivity index (χ1) is 10.9. The standard InChI is InChI=1S/C17H21N3O3/c1-5-23-15-8-6-14(7-9-15)19-16(21)13(4)20-12(3)10-11(2)18-17(20)22/h6-10,13H,5H2,1-4H3,(H,19,21)/t13-/m0/s1. The Bertz CT molecular complexity index is 751. The molecule has 1 atom stereocenters. The van der Waals surface area contributed by atoms with Crippen molar-refractivity contribution in [1.82, 2.24) is 9.55 Å². The molecule has 122 valence electrons. The molecule has 1 amide bonds. The first-order valence-corrected chi connectivity index (χ1v) is 7.53. The lowest BCUT2D eigenvalue weighted by Crippen LogP contribution is -2.34. The number of amides is 1. The molecule has 0 saturated carbocycles. The third-order valence-electron chi connectivity index (χ3n) is 3.48. The smallest absolute Gasteiger partial charge is 0.348 e. The summed E-state index contributed by atoms with van der Waals surface area (Å²) >= 11 is 0. The second-order valence-corrected chi connectivity index (χ2v) is 5.31. The maximum Gasteiger partial charge on any atom is 0.348 e. The van der Waals surface area contributed by atoms with E-state index < -0.39 is 11.7 Å². The van der Waals surface area contributed by atoms with Gasteiger partial charge in [-0.05, 0) is 58.0 Å². The van der Waals surface area contributed by atoms with E-state index in [1.165, 1.54) is 4.57 Å². The first-order valence-electron chi connectivity index (χ1n) is 7.53.